The Kier molecular flexibility index (Phi) is 6.70. The molecule has 164 valence electrons. The molecule has 4 aromatic rings. The molecule has 0 bridgehead atoms. The third-order valence-electron chi connectivity index (χ3n) is 5.26. The summed E-state index contributed by atoms with van der Waals surface area (Å²) in [4.78, 5) is 15.2. The van der Waals surface area contributed by atoms with E-state index in [1.54, 1.807) is 11.8 Å². The zero-order valence-corrected chi connectivity index (χ0v) is 19.1. The number of carbonyl (C=O) groups excluding carboxylic acids is 1. The minimum absolute atomic E-state index is 0.0212. The second-order valence-electron chi connectivity index (χ2n) is 7.31. The van der Waals surface area contributed by atoms with Crippen LogP contribution in [0.3, 0.4) is 0 Å². The normalized spacial score (nSPS) is 12.0. The minimum atomic E-state index is -0.352. The van der Waals surface area contributed by atoms with Crippen LogP contribution in [0.4, 0.5) is 5.69 Å². The first kappa shape index (κ1) is 21.8. The number of ether oxygens (including phenoxy) is 1. The number of anilines is 1. The van der Waals surface area contributed by atoms with E-state index in [1.807, 2.05) is 73.3 Å². The summed E-state index contributed by atoms with van der Waals surface area (Å²) in [5.74, 6) is 0.820. The molecular formula is C24H25N5O2S. The molecule has 0 fully saturated rings. The lowest BCUT2D eigenvalue weighted by Gasteiger charge is -2.25. The van der Waals surface area contributed by atoms with E-state index in [1.165, 1.54) is 11.8 Å². The summed E-state index contributed by atoms with van der Waals surface area (Å²) in [6.07, 6.45) is 0. The first-order valence-corrected chi connectivity index (χ1v) is 11.3. The van der Waals surface area contributed by atoms with Crippen LogP contribution in [0.15, 0.2) is 71.9 Å². The largest absolute Gasteiger partial charge is 0.497 e. The fraction of sp³-hybridized carbons (Fsp3) is 0.250. The van der Waals surface area contributed by atoms with Crippen molar-refractivity contribution in [2.24, 2.45) is 0 Å². The Morgan fingerprint density at radius 2 is 1.84 bits per heavy atom. The van der Waals surface area contributed by atoms with Crippen LogP contribution < -0.4 is 9.64 Å². The van der Waals surface area contributed by atoms with E-state index >= 15 is 0 Å². The van der Waals surface area contributed by atoms with E-state index in [4.69, 9.17) is 4.74 Å². The van der Waals surface area contributed by atoms with Crippen molar-refractivity contribution in [3.05, 3.63) is 72.3 Å². The minimum Gasteiger partial charge on any atom is -0.497 e. The molecule has 0 aliphatic carbocycles. The van der Waals surface area contributed by atoms with Gasteiger partial charge in [-0.15, -0.1) is 5.10 Å². The number of aromatic nitrogens is 4. The summed E-state index contributed by atoms with van der Waals surface area (Å²) in [5.41, 5.74) is 1.96. The Balaban J connectivity index is 1.51. The van der Waals surface area contributed by atoms with Crippen LogP contribution in [-0.4, -0.2) is 45.0 Å². The molecule has 7 nitrogen and oxygen atoms in total. The highest BCUT2D eigenvalue weighted by molar-refractivity contribution is 8.00. The number of amides is 1. The number of methoxy groups -OCH3 is 1. The van der Waals surface area contributed by atoms with Crippen LogP contribution in [0.2, 0.25) is 0 Å². The first-order valence-electron chi connectivity index (χ1n) is 10.5. The van der Waals surface area contributed by atoms with Crippen molar-refractivity contribution in [1.82, 2.24) is 20.2 Å². The summed E-state index contributed by atoms with van der Waals surface area (Å²) < 4.78 is 6.92. The zero-order chi connectivity index (χ0) is 22.5. The van der Waals surface area contributed by atoms with Crippen molar-refractivity contribution in [2.75, 3.05) is 18.6 Å². The molecule has 1 heterocycles. The second kappa shape index (κ2) is 9.82. The fourth-order valence-corrected chi connectivity index (χ4v) is 4.45. The summed E-state index contributed by atoms with van der Waals surface area (Å²) in [6.45, 7) is 4.98. The van der Waals surface area contributed by atoms with Gasteiger partial charge in [-0.3, -0.25) is 4.79 Å². The van der Waals surface area contributed by atoms with Gasteiger partial charge in [-0.1, -0.05) is 60.3 Å². The molecule has 0 saturated carbocycles. The molecule has 0 aliphatic heterocycles. The molecule has 0 N–H and O–H groups in total. The van der Waals surface area contributed by atoms with E-state index in [9.17, 15) is 4.79 Å². The molecule has 0 unspecified atom stereocenters. The summed E-state index contributed by atoms with van der Waals surface area (Å²) in [5, 5.41) is 14.5. The van der Waals surface area contributed by atoms with Crippen LogP contribution in [0.25, 0.3) is 10.8 Å². The third-order valence-corrected chi connectivity index (χ3v) is 6.32. The molecule has 3 aromatic carbocycles. The van der Waals surface area contributed by atoms with Crippen LogP contribution in [0.1, 0.15) is 19.4 Å². The van der Waals surface area contributed by atoms with Crippen molar-refractivity contribution in [1.29, 1.82) is 0 Å². The molecule has 0 aliphatic rings. The van der Waals surface area contributed by atoms with Crippen molar-refractivity contribution in [3.63, 3.8) is 0 Å². The summed E-state index contributed by atoms with van der Waals surface area (Å²) >= 11 is 1.37. The van der Waals surface area contributed by atoms with E-state index in [2.05, 4.69) is 27.7 Å². The fourth-order valence-electron chi connectivity index (χ4n) is 3.60. The quantitative estimate of drug-likeness (QED) is 0.372. The zero-order valence-electron chi connectivity index (χ0n) is 18.3. The van der Waals surface area contributed by atoms with Gasteiger partial charge in [-0.2, -0.15) is 0 Å². The van der Waals surface area contributed by atoms with E-state index < -0.39 is 0 Å². The second-order valence-corrected chi connectivity index (χ2v) is 8.62. The maximum atomic E-state index is 13.4. The average molecular weight is 448 g/mol. The lowest BCUT2D eigenvalue weighted by molar-refractivity contribution is -0.117. The Morgan fingerprint density at radius 1 is 1.09 bits per heavy atom. The molecule has 1 atom stereocenters. The monoisotopic (exact) mass is 447 g/mol. The molecule has 1 amide bonds. The molecule has 0 radical (unpaired) electrons. The SMILES string of the molecule is CCN(C(=O)[C@@H](C)Sc1nnnn1Cc1ccc(OC)cc1)c1cccc2ccccc12. The summed E-state index contributed by atoms with van der Waals surface area (Å²) in [7, 11) is 1.64. The van der Waals surface area contributed by atoms with Gasteiger partial charge in [0.1, 0.15) is 5.75 Å². The molecule has 1 aromatic heterocycles. The highest BCUT2D eigenvalue weighted by Crippen LogP contribution is 2.30. The Labute approximate surface area is 191 Å². The van der Waals surface area contributed by atoms with Gasteiger partial charge in [-0.05, 0) is 53.4 Å². The number of carbonyl (C=O) groups is 1. The van der Waals surface area contributed by atoms with Crippen LogP contribution in [0, 0.1) is 0 Å². The highest BCUT2D eigenvalue weighted by atomic mass is 32.2. The van der Waals surface area contributed by atoms with Gasteiger partial charge in [0.05, 0.1) is 24.6 Å². The number of hydrogen-bond donors (Lipinski definition) is 0. The predicted molar refractivity (Wildman–Crippen MR) is 127 cm³/mol. The maximum Gasteiger partial charge on any atom is 0.240 e. The van der Waals surface area contributed by atoms with Crippen molar-refractivity contribution in [2.45, 2.75) is 30.8 Å². The molecule has 0 spiro atoms. The van der Waals surface area contributed by atoms with Gasteiger partial charge >= 0.3 is 0 Å². The van der Waals surface area contributed by atoms with Gasteiger partial charge in [0.2, 0.25) is 11.1 Å². The third kappa shape index (κ3) is 4.60. The van der Waals surface area contributed by atoms with Gasteiger partial charge in [0, 0.05) is 11.9 Å². The van der Waals surface area contributed by atoms with Crippen molar-refractivity contribution < 1.29 is 9.53 Å². The number of tetrazole rings is 1. The molecule has 32 heavy (non-hydrogen) atoms. The Bertz CT molecular complexity index is 1200. The number of benzene rings is 3. The predicted octanol–water partition coefficient (Wildman–Crippen LogP) is 4.42. The van der Waals surface area contributed by atoms with Gasteiger partial charge in [0.25, 0.3) is 0 Å². The van der Waals surface area contributed by atoms with Crippen molar-refractivity contribution in [3.8, 4) is 5.75 Å². The lowest BCUT2D eigenvalue weighted by Crippen LogP contribution is -2.36. The molecule has 8 heteroatoms. The molecule has 0 saturated heterocycles. The lowest BCUT2D eigenvalue weighted by atomic mass is 10.1. The van der Waals surface area contributed by atoms with E-state index in [0.717, 1.165) is 27.8 Å². The van der Waals surface area contributed by atoms with Gasteiger partial charge in [0.15, 0.2) is 0 Å². The standard InChI is InChI=1S/C24H25N5O2S/c1-4-28(22-11-7-9-19-8-5-6-10-21(19)22)23(30)17(2)32-24-25-26-27-29(24)16-18-12-14-20(31-3)15-13-18/h5-15,17H,4,16H2,1-3H3/t17-/m1/s1. The smallest absolute Gasteiger partial charge is 0.240 e. The number of hydrogen-bond acceptors (Lipinski definition) is 6. The van der Waals surface area contributed by atoms with E-state index in [-0.39, 0.29) is 11.2 Å². The Morgan fingerprint density at radius 3 is 2.59 bits per heavy atom. The highest BCUT2D eigenvalue weighted by Gasteiger charge is 2.25. The van der Waals surface area contributed by atoms with Gasteiger partial charge < -0.3 is 9.64 Å². The molecule has 4 rings (SSSR count). The number of nitrogens with zero attached hydrogens (tertiary/aromatic N) is 5. The van der Waals surface area contributed by atoms with Crippen LogP contribution >= 0.6 is 11.8 Å². The van der Waals surface area contributed by atoms with Crippen LogP contribution in [-0.2, 0) is 11.3 Å². The van der Waals surface area contributed by atoms with Gasteiger partial charge in [-0.25, -0.2) is 4.68 Å². The Hall–Kier alpha value is -3.39. The maximum absolute atomic E-state index is 13.4. The first-order chi connectivity index (χ1) is 15.6. The molecular weight excluding hydrogens is 422 g/mol. The van der Waals surface area contributed by atoms with Crippen LogP contribution in [0.5, 0.6) is 5.75 Å². The number of fused-ring (bicyclic) bond motifs is 1. The average Bonchev–Trinajstić information content (AvgIpc) is 3.26. The number of thioether (sulfide) groups is 1. The summed E-state index contributed by atoms with van der Waals surface area (Å²) in [6, 6.07) is 21.9. The van der Waals surface area contributed by atoms with Crippen molar-refractivity contribution >= 4 is 34.1 Å². The van der Waals surface area contributed by atoms with E-state index in [0.29, 0.717) is 18.2 Å². The number of rotatable bonds is 8. The topological polar surface area (TPSA) is 73.1 Å².